The van der Waals surface area contributed by atoms with Gasteiger partial charge in [0.1, 0.15) is 6.10 Å². The van der Waals surface area contributed by atoms with Crippen LogP contribution in [0.1, 0.15) is 17.2 Å². The Labute approximate surface area is 130 Å². The first-order valence-electron chi connectivity index (χ1n) is 6.12. The topological polar surface area (TPSA) is 33.1 Å². The number of hydrogen-bond acceptors (Lipinski definition) is 2. The Bertz CT molecular complexity index is 770. The number of rotatable bonds is 2. The Morgan fingerprint density at radius 2 is 1.90 bits per heavy atom. The van der Waals surface area contributed by atoms with Gasteiger partial charge in [-0.15, -0.1) is 0 Å². The van der Waals surface area contributed by atoms with Gasteiger partial charge in [0.05, 0.1) is 5.02 Å². The summed E-state index contributed by atoms with van der Waals surface area (Å²) in [6.45, 7) is 0. The SMILES string of the molecule is OC(c1ccc(Cl)c(Br)c1)c1cncc2ccccc12. The third-order valence-electron chi connectivity index (χ3n) is 3.25. The number of benzene rings is 2. The molecule has 1 unspecified atom stereocenters. The van der Waals surface area contributed by atoms with Crippen LogP contribution >= 0.6 is 27.5 Å². The van der Waals surface area contributed by atoms with Gasteiger partial charge in [-0.1, -0.05) is 41.9 Å². The van der Waals surface area contributed by atoms with E-state index in [0.717, 1.165) is 26.4 Å². The molecule has 1 heterocycles. The van der Waals surface area contributed by atoms with Crippen LogP contribution < -0.4 is 0 Å². The molecule has 2 nitrogen and oxygen atoms in total. The number of nitrogens with zero attached hydrogens (tertiary/aromatic N) is 1. The summed E-state index contributed by atoms with van der Waals surface area (Å²) in [6, 6.07) is 13.3. The quantitative estimate of drug-likeness (QED) is 0.726. The van der Waals surface area contributed by atoms with Crippen molar-refractivity contribution in [1.82, 2.24) is 4.98 Å². The first-order valence-corrected chi connectivity index (χ1v) is 7.29. The molecule has 0 bridgehead atoms. The van der Waals surface area contributed by atoms with Crippen molar-refractivity contribution in [2.45, 2.75) is 6.10 Å². The lowest BCUT2D eigenvalue weighted by molar-refractivity contribution is 0.221. The van der Waals surface area contributed by atoms with Gasteiger partial charge in [-0.05, 0) is 39.0 Å². The summed E-state index contributed by atoms with van der Waals surface area (Å²) >= 11 is 9.36. The highest BCUT2D eigenvalue weighted by Crippen LogP contribution is 2.31. The average Bonchev–Trinajstić information content (AvgIpc) is 2.49. The Morgan fingerprint density at radius 1 is 1.10 bits per heavy atom. The van der Waals surface area contributed by atoms with E-state index in [2.05, 4.69) is 20.9 Å². The van der Waals surface area contributed by atoms with Crippen molar-refractivity contribution in [2.24, 2.45) is 0 Å². The van der Waals surface area contributed by atoms with Crippen LogP contribution in [0, 0.1) is 0 Å². The van der Waals surface area contributed by atoms with E-state index in [1.165, 1.54) is 0 Å². The highest BCUT2D eigenvalue weighted by molar-refractivity contribution is 9.10. The van der Waals surface area contributed by atoms with E-state index in [1.54, 1.807) is 18.5 Å². The van der Waals surface area contributed by atoms with Crippen LogP contribution in [0.15, 0.2) is 59.3 Å². The van der Waals surface area contributed by atoms with Crippen molar-refractivity contribution in [2.75, 3.05) is 0 Å². The zero-order chi connectivity index (χ0) is 14.1. The predicted octanol–water partition coefficient (Wildman–Crippen LogP) is 4.73. The van der Waals surface area contributed by atoms with Crippen LogP contribution in [-0.4, -0.2) is 10.1 Å². The summed E-state index contributed by atoms with van der Waals surface area (Å²) in [7, 11) is 0. The van der Waals surface area contributed by atoms with E-state index in [9.17, 15) is 5.11 Å². The van der Waals surface area contributed by atoms with Gasteiger partial charge in [-0.2, -0.15) is 0 Å². The van der Waals surface area contributed by atoms with Crippen LogP contribution in [0.25, 0.3) is 10.8 Å². The second-order valence-corrected chi connectivity index (χ2v) is 5.79. The molecule has 0 radical (unpaired) electrons. The van der Waals surface area contributed by atoms with Gasteiger partial charge < -0.3 is 5.11 Å². The van der Waals surface area contributed by atoms with Gasteiger partial charge in [-0.25, -0.2) is 0 Å². The minimum absolute atomic E-state index is 0.622. The molecule has 3 rings (SSSR count). The zero-order valence-corrected chi connectivity index (χ0v) is 12.8. The van der Waals surface area contributed by atoms with Crippen LogP contribution in [0.3, 0.4) is 0 Å². The Balaban J connectivity index is 2.12. The first-order chi connectivity index (χ1) is 9.66. The van der Waals surface area contributed by atoms with Crippen LogP contribution in [0.4, 0.5) is 0 Å². The number of fused-ring (bicyclic) bond motifs is 1. The number of aliphatic hydroxyl groups is 1. The van der Waals surface area contributed by atoms with Crippen LogP contribution in [0.2, 0.25) is 5.02 Å². The molecule has 1 atom stereocenters. The monoisotopic (exact) mass is 347 g/mol. The largest absolute Gasteiger partial charge is 0.384 e. The smallest absolute Gasteiger partial charge is 0.106 e. The summed E-state index contributed by atoms with van der Waals surface area (Å²) in [4.78, 5) is 4.20. The summed E-state index contributed by atoms with van der Waals surface area (Å²) in [5.41, 5.74) is 1.57. The molecule has 0 aliphatic heterocycles. The van der Waals surface area contributed by atoms with Gasteiger partial charge in [0.25, 0.3) is 0 Å². The summed E-state index contributed by atoms with van der Waals surface area (Å²) < 4.78 is 0.768. The Kier molecular flexibility index (Phi) is 3.74. The van der Waals surface area contributed by atoms with Gasteiger partial charge in [0.15, 0.2) is 0 Å². The maximum Gasteiger partial charge on any atom is 0.106 e. The highest BCUT2D eigenvalue weighted by atomic mass is 79.9. The first kappa shape index (κ1) is 13.6. The average molecular weight is 349 g/mol. The lowest BCUT2D eigenvalue weighted by Crippen LogP contribution is -2.01. The number of aromatic nitrogens is 1. The standard InChI is InChI=1S/C16H11BrClNO/c17-14-7-10(5-6-15(14)18)16(20)13-9-19-8-11-3-1-2-4-12(11)13/h1-9,16,20H. The van der Waals surface area contributed by atoms with E-state index < -0.39 is 6.10 Å². The van der Waals surface area contributed by atoms with Crippen molar-refractivity contribution in [3.8, 4) is 0 Å². The molecule has 0 saturated heterocycles. The maximum atomic E-state index is 10.6. The molecule has 3 aromatic rings. The van der Waals surface area contributed by atoms with E-state index in [-0.39, 0.29) is 0 Å². The van der Waals surface area contributed by atoms with Crippen molar-refractivity contribution in [3.05, 3.63) is 75.5 Å². The van der Waals surface area contributed by atoms with Crippen molar-refractivity contribution < 1.29 is 5.11 Å². The fraction of sp³-hybridized carbons (Fsp3) is 0.0625. The molecule has 4 heteroatoms. The molecule has 0 aliphatic rings. The van der Waals surface area contributed by atoms with E-state index >= 15 is 0 Å². The lowest BCUT2D eigenvalue weighted by Gasteiger charge is -2.14. The third-order valence-corrected chi connectivity index (χ3v) is 4.47. The maximum absolute atomic E-state index is 10.6. The molecule has 1 aromatic heterocycles. The molecule has 1 N–H and O–H groups in total. The van der Waals surface area contributed by atoms with Crippen LogP contribution in [-0.2, 0) is 0 Å². The summed E-state index contributed by atoms with van der Waals surface area (Å²) in [5, 5.41) is 13.2. The second kappa shape index (κ2) is 5.52. The molecule has 0 saturated carbocycles. The minimum atomic E-state index is -0.734. The highest BCUT2D eigenvalue weighted by Gasteiger charge is 2.15. The number of halogens is 2. The molecular formula is C16H11BrClNO. The molecule has 0 aliphatic carbocycles. The molecular weight excluding hydrogens is 338 g/mol. The van der Waals surface area contributed by atoms with Gasteiger partial charge >= 0.3 is 0 Å². The summed E-state index contributed by atoms with van der Waals surface area (Å²) in [6.07, 6.45) is 2.76. The fourth-order valence-electron chi connectivity index (χ4n) is 2.22. The van der Waals surface area contributed by atoms with Gasteiger partial charge in [-0.3, -0.25) is 4.98 Å². The molecule has 0 fully saturated rings. The number of pyridine rings is 1. The van der Waals surface area contributed by atoms with Crippen molar-refractivity contribution >= 4 is 38.3 Å². The molecule has 20 heavy (non-hydrogen) atoms. The van der Waals surface area contributed by atoms with E-state index in [1.807, 2.05) is 36.4 Å². The second-order valence-electron chi connectivity index (χ2n) is 4.53. The van der Waals surface area contributed by atoms with E-state index in [4.69, 9.17) is 11.6 Å². The number of aliphatic hydroxyl groups excluding tert-OH is 1. The number of hydrogen-bond donors (Lipinski definition) is 1. The van der Waals surface area contributed by atoms with Gasteiger partial charge in [0, 0.05) is 27.8 Å². The van der Waals surface area contributed by atoms with Gasteiger partial charge in [0.2, 0.25) is 0 Å². The minimum Gasteiger partial charge on any atom is -0.384 e. The molecule has 100 valence electrons. The van der Waals surface area contributed by atoms with Crippen molar-refractivity contribution in [1.29, 1.82) is 0 Å². The van der Waals surface area contributed by atoms with E-state index in [0.29, 0.717) is 5.02 Å². The third kappa shape index (κ3) is 2.44. The predicted molar refractivity (Wildman–Crippen MR) is 85.0 cm³/mol. The Hall–Kier alpha value is -1.42. The van der Waals surface area contributed by atoms with Crippen LogP contribution in [0.5, 0.6) is 0 Å². The molecule has 0 spiro atoms. The molecule has 0 amide bonds. The Morgan fingerprint density at radius 3 is 2.70 bits per heavy atom. The summed E-state index contributed by atoms with van der Waals surface area (Å²) in [5.74, 6) is 0. The molecule has 2 aromatic carbocycles. The fourth-order valence-corrected chi connectivity index (χ4v) is 2.73. The lowest BCUT2D eigenvalue weighted by atomic mass is 9.98. The normalized spacial score (nSPS) is 12.6. The van der Waals surface area contributed by atoms with Crippen molar-refractivity contribution in [3.63, 3.8) is 0 Å². The zero-order valence-electron chi connectivity index (χ0n) is 10.4.